The number of hydrogen-bond acceptors (Lipinski definition) is 3. The van der Waals surface area contributed by atoms with E-state index < -0.39 is 0 Å². The van der Waals surface area contributed by atoms with E-state index in [4.69, 9.17) is 0 Å². The summed E-state index contributed by atoms with van der Waals surface area (Å²) in [5.74, 6) is 0. The molecule has 1 saturated carbocycles. The Labute approximate surface area is 114 Å². The van der Waals surface area contributed by atoms with Gasteiger partial charge in [0.15, 0.2) is 0 Å². The van der Waals surface area contributed by atoms with E-state index in [-0.39, 0.29) is 0 Å². The van der Waals surface area contributed by atoms with Gasteiger partial charge in [-0.05, 0) is 69.6 Å². The first-order valence-electron chi connectivity index (χ1n) is 7.09. The summed E-state index contributed by atoms with van der Waals surface area (Å²) >= 11 is 1.93. The highest BCUT2D eigenvalue weighted by atomic mass is 32.1. The van der Waals surface area contributed by atoms with Crippen molar-refractivity contribution in [1.82, 2.24) is 10.2 Å². The second-order valence-corrected chi connectivity index (χ2v) is 7.28. The first-order valence-corrected chi connectivity index (χ1v) is 7.97. The lowest BCUT2D eigenvalue weighted by Crippen LogP contribution is -2.46. The van der Waals surface area contributed by atoms with Crippen LogP contribution in [-0.2, 0) is 5.54 Å². The van der Waals surface area contributed by atoms with E-state index in [9.17, 15) is 0 Å². The van der Waals surface area contributed by atoms with Crippen molar-refractivity contribution in [3.05, 3.63) is 22.4 Å². The largest absolute Gasteiger partial charge is 0.316 e. The van der Waals surface area contributed by atoms with Crippen LogP contribution in [0.1, 0.15) is 37.0 Å². The molecule has 0 bridgehead atoms. The normalized spacial score (nSPS) is 36.6. The van der Waals surface area contributed by atoms with E-state index in [0.29, 0.717) is 11.0 Å². The minimum atomic E-state index is 0.308. The van der Waals surface area contributed by atoms with Gasteiger partial charge in [0.25, 0.3) is 0 Å². The minimum Gasteiger partial charge on any atom is -0.316 e. The van der Waals surface area contributed by atoms with Crippen molar-refractivity contribution in [2.45, 2.75) is 37.6 Å². The van der Waals surface area contributed by atoms with E-state index in [1.807, 2.05) is 11.3 Å². The van der Waals surface area contributed by atoms with Gasteiger partial charge in [0, 0.05) is 11.4 Å². The monoisotopic (exact) mass is 264 g/mol. The SMILES string of the molecule is CN(C)C1(c2cccs2)CCC2(CCNC2)CC1. The zero-order chi connectivity index (χ0) is 12.6. The van der Waals surface area contributed by atoms with Crippen LogP contribution >= 0.6 is 11.3 Å². The highest BCUT2D eigenvalue weighted by molar-refractivity contribution is 7.10. The van der Waals surface area contributed by atoms with E-state index in [2.05, 4.69) is 41.8 Å². The molecule has 0 atom stereocenters. The summed E-state index contributed by atoms with van der Waals surface area (Å²) in [6, 6.07) is 4.53. The molecule has 2 aliphatic rings. The molecule has 1 saturated heterocycles. The molecule has 3 rings (SSSR count). The lowest BCUT2D eigenvalue weighted by Gasteiger charge is -2.48. The molecule has 2 nitrogen and oxygen atoms in total. The molecule has 0 radical (unpaired) electrons. The third-order valence-electron chi connectivity index (χ3n) is 5.31. The van der Waals surface area contributed by atoms with E-state index in [1.54, 1.807) is 4.88 Å². The first-order chi connectivity index (χ1) is 8.67. The fourth-order valence-electron chi connectivity index (χ4n) is 3.87. The van der Waals surface area contributed by atoms with Crippen molar-refractivity contribution < 1.29 is 0 Å². The van der Waals surface area contributed by atoms with Gasteiger partial charge in [0.1, 0.15) is 0 Å². The maximum Gasteiger partial charge on any atom is 0.0549 e. The van der Waals surface area contributed by atoms with Crippen molar-refractivity contribution in [1.29, 1.82) is 0 Å². The van der Waals surface area contributed by atoms with Crippen LogP contribution in [0, 0.1) is 5.41 Å². The van der Waals surface area contributed by atoms with Gasteiger partial charge in [-0.25, -0.2) is 0 Å². The molecule has 0 unspecified atom stereocenters. The molecule has 18 heavy (non-hydrogen) atoms. The van der Waals surface area contributed by atoms with Crippen molar-refractivity contribution in [3.8, 4) is 0 Å². The standard InChI is InChI=1S/C15H24N2S/c1-17(2)15(13-4-3-11-18-13)7-5-14(6-8-15)9-10-16-12-14/h3-4,11,16H,5-10,12H2,1-2H3. The van der Waals surface area contributed by atoms with Gasteiger partial charge < -0.3 is 5.32 Å². The summed E-state index contributed by atoms with van der Waals surface area (Å²) in [7, 11) is 4.51. The predicted molar refractivity (Wildman–Crippen MR) is 78.1 cm³/mol. The van der Waals surface area contributed by atoms with Crippen LogP contribution in [0.4, 0.5) is 0 Å². The highest BCUT2D eigenvalue weighted by Crippen LogP contribution is 2.51. The molecule has 1 N–H and O–H groups in total. The Morgan fingerprint density at radius 3 is 2.44 bits per heavy atom. The van der Waals surface area contributed by atoms with Crippen molar-refractivity contribution in [3.63, 3.8) is 0 Å². The summed E-state index contributed by atoms with van der Waals surface area (Å²) in [5, 5.41) is 5.79. The molecule has 0 aromatic carbocycles. The number of nitrogens with zero attached hydrogens (tertiary/aromatic N) is 1. The fourth-order valence-corrected chi connectivity index (χ4v) is 4.94. The molecule has 1 aromatic heterocycles. The van der Waals surface area contributed by atoms with Gasteiger partial charge in [-0.3, -0.25) is 4.90 Å². The zero-order valence-corrected chi connectivity index (χ0v) is 12.4. The number of thiophene rings is 1. The Morgan fingerprint density at radius 2 is 1.94 bits per heavy atom. The number of nitrogens with one attached hydrogen (secondary N) is 1. The molecular weight excluding hydrogens is 240 g/mol. The number of rotatable bonds is 2. The average Bonchev–Trinajstić information content (AvgIpc) is 3.02. The maximum atomic E-state index is 3.56. The summed E-state index contributed by atoms with van der Waals surface area (Å²) in [6.07, 6.45) is 6.80. The van der Waals surface area contributed by atoms with Gasteiger partial charge in [-0.1, -0.05) is 6.07 Å². The molecule has 2 heterocycles. The van der Waals surface area contributed by atoms with Crippen LogP contribution in [-0.4, -0.2) is 32.1 Å². The minimum absolute atomic E-state index is 0.308. The van der Waals surface area contributed by atoms with Gasteiger partial charge in [-0.2, -0.15) is 0 Å². The average molecular weight is 264 g/mol. The Hall–Kier alpha value is -0.380. The molecular formula is C15H24N2S. The van der Waals surface area contributed by atoms with Crippen LogP contribution in [0.2, 0.25) is 0 Å². The topological polar surface area (TPSA) is 15.3 Å². The molecule has 1 aliphatic carbocycles. The van der Waals surface area contributed by atoms with Gasteiger partial charge in [-0.15, -0.1) is 11.3 Å². The summed E-state index contributed by atoms with van der Waals surface area (Å²) in [6.45, 7) is 2.48. The Bertz CT molecular complexity index is 381. The van der Waals surface area contributed by atoms with Crippen LogP contribution in [0.5, 0.6) is 0 Å². The second-order valence-electron chi connectivity index (χ2n) is 6.33. The van der Waals surface area contributed by atoms with Crippen LogP contribution < -0.4 is 5.32 Å². The fraction of sp³-hybridized carbons (Fsp3) is 0.733. The smallest absolute Gasteiger partial charge is 0.0549 e. The Kier molecular flexibility index (Phi) is 3.25. The molecule has 3 heteroatoms. The second kappa shape index (κ2) is 4.62. The first kappa shape index (κ1) is 12.6. The zero-order valence-electron chi connectivity index (χ0n) is 11.5. The van der Waals surface area contributed by atoms with E-state index >= 15 is 0 Å². The number of hydrogen-bond donors (Lipinski definition) is 1. The van der Waals surface area contributed by atoms with Crippen LogP contribution in [0.15, 0.2) is 17.5 Å². The van der Waals surface area contributed by atoms with Crippen LogP contribution in [0.25, 0.3) is 0 Å². The maximum absolute atomic E-state index is 3.56. The summed E-state index contributed by atoms with van der Waals surface area (Å²) in [5.41, 5.74) is 0.929. The van der Waals surface area contributed by atoms with E-state index in [0.717, 1.165) is 0 Å². The van der Waals surface area contributed by atoms with Gasteiger partial charge >= 0.3 is 0 Å². The molecule has 0 amide bonds. The van der Waals surface area contributed by atoms with Crippen molar-refractivity contribution in [2.75, 3.05) is 27.2 Å². The third-order valence-corrected chi connectivity index (χ3v) is 6.37. The summed E-state index contributed by atoms with van der Waals surface area (Å²) < 4.78 is 0. The quantitative estimate of drug-likeness (QED) is 0.883. The molecule has 100 valence electrons. The van der Waals surface area contributed by atoms with Crippen LogP contribution in [0.3, 0.4) is 0 Å². The van der Waals surface area contributed by atoms with Gasteiger partial charge in [0.2, 0.25) is 0 Å². The molecule has 1 spiro atoms. The molecule has 1 aromatic rings. The lowest BCUT2D eigenvalue weighted by atomic mass is 9.66. The third kappa shape index (κ3) is 1.93. The highest BCUT2D eigenvalue weighted by Gasteiger charge is 2.46. The summed E-state index contributed by atoms with van der Waals surface area (Å²) in [4.78, 5) is 4.03. The van der Waals surface area contributed by atoms with Gasteiger partial charge in [0.05, 0.1) is 5.54 Å². The predicted octanol–water partition coefficient (Wildman–Crippen LogP) is 3.06. The Morgan fingerprint density at radius 1 is 1.17 bits per heavy atom. The lowest BCUT2D eigenvalue weighted by molar-refractivity contribution is 0.0459. The van der Waals surface area contributed by atoms with Crippen molar-refractivity contribution >= 4 is 11.3 Å². The molecule has 2 fully saturated rings. The van der Waals surface area contributed by atoms with Crippen molar-refractivity contribution in [2.24, 2.45) is 5.41 Å². The molecule has 1 aliphatic heterocycles. The van der Waals surface area contributed by atoms with E-state index in [1.165, 1.54) is 45.2 Å². The Balaban J connectivity index is 1.82.